The number of amides is 1. The molecule has 0 aromatic heterocycles. The van der Waals surface area contributed by atoms with E-state index in [9.17, 15) is 9.59 Å². The van der Waals surface area contributed by atoms with Crippen LogP contribution in [-0.4, -0.2) is 201 Å². The monoisotopic (exact) mass is 910 g/mol. The first-order valence-corrected chi connectivity index (χ1v) is 22.5. The molecule has 0 saturated heterocycles. The second kappa shape index (κ2) is 35.9. The van der Waals surface area contributed by atoms with Gasteiger partial charge in [-0.2, -0.15) is 0 Å². The number of benzene rings is 2. The molecule has 0 aliphatic heterocycles. The number of esters is 1. The normalized spacial score (nSPS) is 12.4. The van der Waals surface area contributed by atoms with Gasteiger partial charge < -0.3 is 71.2 Å². The largest absolute Gasteiger partial charge is 0.460 e. The Bertz CT molecular complexity index is 1430. The molecule has 0 saturated carbocycles. The van der Waals surface area contributed by atoms with Crippen molar-refractivity contribution in [2.75, 3.05) is 179 Å². The highest BCUT2D eigenvalue weighted by molar-refractivity contribution is 5.79. The molecule has 17 nitrogen and oxygen atoms in total. The number of ether oxygens (including phenoxy) is 14. The van der Waals surface area contributed by atoms with Gasteiger partial charge in [0.05, 0.1) is 165 Å². The van der Waals surface area contributed by atoms with Crippen LogP contribution in [0, 0.1) is 0 Å². The number of likely N-dealkylation sites (N-methyl/N-ethyl adjacent to an activating group) is 1. The van der Waals surface area contributed by atoms with Crippen molar-refractivity contribution in [3.05, 3.63) is 59.7 Å². The summed E-state index contributed by atoms with van der Waals surface area (Å²) in [5, 5.41) is 0. The van der Waals surface area contributed by atoms with Gasteiger partial charge >= 0.3 is 12.1 Å². The van der Waals surface area contributed by atoms with E-state index in [1.807, 2.05) is 45.0 Å². The minimum atomic E-state index is -0.481. The van der Waals surface area contributed by atoms with Crippen LogP contribution in [0.2, 0.25) is 0 Å². The van der Waals surface area contributed by atoms with Crippen LogP contribution in [0.3, 0.4) is 0 Å². The lowest BCUT2D eigenvalue weighted by atomic mass is 9.98. The van der Waals surface area contributed by atoms with Crippen molar-refractivity contribution in [1.82, 2.24) is 4.90 Å². The van der Waals surface area contributed by atoms with E-state index in [1.54, 1.807) is 7.05 Å². The Hall–Kier alpha value is -3.30. The molecule has 2 aromatic rings. The van der Waals surface area contributed by atoms with E-state index in [0.717, 1.165) is 0 Å². The number of carbonyl (C=O) groups excluding carboxylic acids is 2. The maximum Gasteiger partial charge on any atom is 0.409 e. The zero-order valence-electron chi connectivity index (χ0n) is 38.8. The second-order valence-electron chi connectivity index (χ2n) is 15.4. The summed E-state index contributed by atoms with van der Waals surface area (Å²) in [5.41, 5.74) is 4.30. The number of carbonyl (C=O) groups is 2. The van der Waals surface area contributed by atoms with Crippen LogP contribution in [0.1, 0.15) is 44.2 Å². The van der Waals surface area contributed by atoms with Gasteiger partial charge in [0.2, 0.25) is 0 Å². The summed E-state index contributed by atoms with van der Waals surface area (Å²) in [4.78, 5) is 25.8. The molecule has 64 heavy (non-hydrogen) atoms. The van der Waals surface area contributed by atoms with Crippen LogP contribution in [0.4, 0.5) is 4.79 Å². The Morgan fingerprint density at radius 3 is 1.08 bits per heavy atom. The third-order valence-corrected chi connectivity index (χ3v) is 9.18. The minimum absolute atomic E-state index is 0.0329. The van der Waals surface area contributed by atoms with Crippen molar-refractivity contribution in [1.29, 1.82) is 0 Å². The van der Waals surface area contributed by atoms with Crippen LogP contribution < -0.4 is 0 Å². The average molecular weight is 910 g/mol. The van der Waals surface area contributed by atoms with Crippen LogP contribution in [0.15, 0.2) is 48.5 Å². The summed E-state index contributed by atoms with van der Waals surface area (Å²) in [6.45, 7) is 17.2. The predicted molar refractivity (Wildman–Crippen MR) is 238 cm³/mol. The van der Waals surface area contributed by atoms with E-state index in [-0.39, 0.29) is 24.4 Å². The number of nitrogens with zero attached hydrogens (tertiary/aromatic N) is 1. The van der Waals surface area contributed by atoms with Crippen molar-refractivity contribution in [2.45, 2.75) is 38.7 Å². The van der Waals surface area contributed by atoms with Crippen LogP contribution in [0.5, 0.6) is 0 Å². The third kappa shape index (κ3) is 26.6. The molecule has 0 spiro atoms. The van der Waals surface area contributed by atoms with Crippen molar-refractivity contribution in [3.63, 3.8) is 0 Å². The van der Waals surface area contributed by atoms with E-state index < -0.39 is 5.60 Å². The number of hydrogen-bond acceptors (Lipinski definition) is 16. The van der Waals surface area contributed by atoms with Gasteiger partial charge in [-0.3, -0.25) is 4.79 Å². The average Bonchev–Trinajstić information content (AvgIpc) is 3.60. The molecule has 0 heterocycles. The summed E-state index contributed by atoms with van der Waals surface area (Å²) < 4.78 is 77.0. The Morgan fingerprint density at radius 1 is 0.453 bits per heavy atom. The van der Waals surface area contributed by atoms with E-state index >= 15 is 0 Å². The van der Waals surface area contributed by atoms with Gasteiger partial charge in [-0.25, -0.2) is 4.79 Å². The van der Waals surface area contributed by atoms with Gasteiger partial charge in [-0.05, 0) is 43.0 Å². The molecular weight excluding hydrogens is 835 g/mol. The molecule has 0 fully saturated rings. The fourth-order valence-corrected chi connectivity index (χ4v) is 6.07. The van der Waals surface area contributed by atoms with Crippen LogP contribution in [0.25, 0.3) is 11.1 Å². The summed E-state index contributed by atoms with van der Waals surface area (Å²) in [6, 6.07) is 16.6. The van der Waals surface area contributed by atoms with Gasteiger partial charge in [-0.1, -0.05) is 48.5 Å². The molecule has 0 radical (unpaired) electrons. The lowest BCUT2D eigenvalue weighted by Gasteiger charge is -2.19. The van der Waals surface area contributed by atoms with Crippen molar-refractivity contribution >= 4 is 12.1 Å². The van der Waals surface area contributed by atoms with Gasteiger partial charge in [-0.15, -0.1) is 0 Å². The summed E-state index contributed by atoms with van der Waals surface area (Å²) in [5.74, 6) is -0.237. The summed E-state index contributed by atoms with van der Waals surface area (Å²) >= 11 is 0. The first-order valence-electron chi connectivity index (χ1n) is 22.5. The Labute approximate surface area is 380 Å². The Kier molecular flexibility index (Phi) is 30.9. The van der Waals surface area contributed by atoms with E-state index in [4.69, 9.17) is 66.3 Å². The SMILES string of the molecule is CN(CCOCCOCCOCCOCCOCCOCCOCCOCCOCCOCCOCCOCCC(=O)OC(C)(C)C)C(=O)OCC1c2ccccc2-c2ccccc21. The van der Waals surface area contributed by atoms with Gasteiger partial charge in [0, 0.05) is 19.5 Å². The van der Waals surface area contributed by atoms with Crippen molar-refractivity contribution < 1.29 is 75.9 Å². The van der Waals surface area contributed by atoms with Gasteiger partial charge in [0.1, 0.15) is 12.2 Å². The van der Waals surface area contributed by atoms with Crippen LogP contribution in [-0.2, 0) is 71.1 Å². The molecule has 0 atom stereocenters. The van der Waals surface area contributed by atoms with Crippen molar-refractivity contribution in [3.8, 4) is 11.1 Å². The molecule has 3 rings (SSSR count). The third-order valence-electron chi connectivity index (χ3n) is 9.18. The molecular formula is C47H75NO16. The molecule has 0 unspecified atom stereocenters. The van der Waals surface area contributed by atoms with Gasteiger partial charge in [0.15, 0.2) is 0 Å². The maximum atomic E-state index is 12.6. The van der Waals surface area contributed by atoms with E-state index in [1.165, 1.54) is 27.2 Å². The zero-order chi connectivity index (χ0) is 45.8. The summed E-state index contributed by atoms with van der Waals surface area (Å²) in [6.07, 6.45) is -0.143. The van der Waals surface area contributed by atoms with E-state index in [0.29, 0.717) is 172 Å². The van der Waals surface area contributed by atoms with Gasteiger partial charge in [0.25, 0.3) is 0 Å². The summed E-state index contributed by atoms with van der Waals surface area (Å²) in [7, 11) is 1.71. The lowest BCUT2D eigenvalue weighted by Crippen LogP contribution is -2.32. The molecule has 17 heteroatoms. The Morgan fingerprint density at radius 2 is 0.750 bits per heavy atom. The topological polar surface area (TPSA) is 167 Å². The standard InChI is InChI=1S/C47H75NO16/c1-47(2,3)64-45(49)13-15-51-17-19-53-21-23-55-25-27-57-29-31-59-33-35-61-37-38-62-36-34-60-32-30-58-28-26-56-24-22-54-20-18-52-16-14-48(4)46(50)63-39-44-42-11-7-5-9-40(42)41-10-6-8-12-43(41)44/h5-12,44H,13-39H2,1-4H3. The highest BCUT2D eigenvalue weighted by atomic mass is 16.6. The zero-order valence-corrected chi connectivity index (χ0v) is 38.8. The number of fused-ring (bicyclic) bond motifs is 3. The smallest absolute Gasteiger partial charge is 0.409 e. The molecule has 364 valence electrons. The Balaban J connectivity index is 0.932. The number of hydrogen-bond donors (Lipinski definition) is 0. The molecule has 0 N–H and O–H groups in total. The molecule has 1 amide bonds. The fraction of sp³-hybridized carbons (Fsp3) is 0.702. The van der Waals surface area contributed by atoms with E-state index in [2.05, 4.69) is 24.3 Å². The van der Waals surface area contributed by atoms with Crippen molar-refractivity contribution in [2.24, 2.45) is 0 Å². The first-order chi connectivity index (χ1) is 31.3. The molecule has 2 aromatic carbocycles. The predicted octanol–water partition coefficient (Wildman–Crippen LogP) is 4.80. The molecule has 0 bridgehead atoms. The number of rotatable bonds is 41. The highest BCUT2D eigenvalue weighted by Crippen LogP contribution is 2.44. The fourth-order valence-electron chi connectivity index (χ4n) is 6.07. The lowest BCUT2D eigenvalue weighted by molar-refractivity contribution is -0.156. The first kappa shape index (κ1) is 55.0. The highest BCUT2D eigenvalue weighted by Gasteiger charge is 2.29. The quantitative estimate of drug-likeness (QED) is 0.0659. The second-order valence-corrected chi connectivity index (χ2v) is 15.4. The molecule has 1 aliphatic rings. The van der Waals surface area contributed by atoms with Crippen LogP contribution >= 0.6 is 0 Å². The maximum absolute atomic E-state index is 12.6. The molecule has 1 aliphatic carbocycles. The minimum Gasteiger partial charge on any atom is -0.460 e.